The predicted octanol–water partition coefficient (Wildman–Crippen LogP) is 7.30. The monoisotopic (exact) mass is 354 g/mol. The van der Waals surface area contributed by atoms with Gasteiger partial charge < -0.3 is 0 Å². The second kappa shape index (κ2) is 7.92. The summed E-state index contributed by atoms with van der Waals surface area (Å²) >= 11 is 0. The van der Waals surface area contributed by atoms with Crippen LogP contribution in [-0.4, -0.2) is 0 Å². The van der Waals surface area contributed by atoms with Crippen LogP contribution in [0.2, 0.25) is 0 Å². The predicted molar refractivity (Wildman–Crippen MR) is 92.4 cm³/mol. The molecule has 2 aliphatic carbocycles. The first-order valence-corrected chi connectivity index (χ1v) is 9.45. The summed E-state index contributed by atoms with van der Waals surface area (Å²) in [5.74, 6) is 0.737. The molecular weight excluding hydrogens is 328 g/mol. The summed E-state index contributed by atoms with van der Waals surface area (Å²) in [7, 11) is 0. The Morgan fingerprint density at radius 2 is 1.32 bits per heavy atom. The van der Waals surface area contributed by atoms with Crippen LogP contribution in [0.4, 0.5) is 17.6 Å². The van der Waals surface area contributed by atoms with Gasteiger partial charge in [-0.15, -0.1) is 0 Å². The summed E-state index contributed by atoms with van der Waals surface area (Å²) < 4.78 is 52.6. The first-order chi connectivity index (χ1) is 11.9. The van der Waals surface area contributed by atoms with Gasteiger partial charge in [0.25, 0.3) is 6.08 Å². The fourth-order valence-electron chi connectivity index (χ4n) is 4.77. The molecule has 0 aliphatic heterocycles. The Morgan fingerprint density at radius 3 is 1.80 bits per heavy atom. The first kappa shape index (κ1) is 18.5. The summed E-state index contributed by atoms with van der Waals surface area (Å²) in [6, 6.07) is 2.48. The molecule has 4 heteroatoms. The van der Waals surface area contributed by atoms with Crippen molar-refractivity contribution in [1.82, 2.24) is 0 Å². The van der Waals surface area contributed by atoms with Crippen molar-refractivity contribution in [3.05, 3.63) is 41.0 Å². The van der Waals surface area contributed by atoms with E-state index in [-0.39, 0.29) is 12.0 Å². The van der Waals surface area contributed by atoms with E-state index in [0.717, 1.165) is 43.4 Å². The van der Waals surface area contributed by atoms with Gasteiger partial charge in [0.1, 0.15) is 11.6 Å². The molecule has 0 unspecified atom stereocenters. The van der Waals surface area contributed by atoms with E-state index in [1.807, 2.05) is 0 Å². The molecule has 0 atom stereocenters. The fraction of sp³-hybridized carbons (Fsp3) is 0.619. The van der Waals surface area contributed by atoms with Gasteiger partial charge in [-0.2, -0.15) is 8.78 Å². The maximum absolute atomic E-state index is 14.0. The molecule has 0 N–H and O–H groups in total. The fourth-order valence-corrected chi connectivity index (χ4v) is 4.77. The van der Waals surface area contributed by atoms with E-state index in [1.165, 1.54) is 37.8 Å². The standard InChI is InChI=1S/C21H26F4/c1-13-2-4-14(5-3-13)15-6-8-16(9-7-15)17-10-19(22)18(12-21(24)25)20(23)11-17/h10-16H,2-9H2,1H3. The average Bonchev–Trinajstić information content (AvgIpc) is 2.59. The molecule has 0 nitrogen and oxygen atoms in total. The van der Waals surface area contributed by atoms with Crippen molar-refractivity contribution >= 4 is 6.08 Å². The lowest BCUT2D eigenvalue weighted by atomic mass is 9.68. The quantitative estimate of drug-likeness (QED) is 0.499. The number of hydrogen-bond donors (Lipinski definition) is 0. The lowest BCUT2D eigenvalue weighted by Gasteiger charge is -2.37. The van der Waals surface area contributed by atoms with E-state index in [4.69, 9.17) is 0 Å². The zero-order valence-electron chi connectivity index (χ0n) is 14.7. The van der Waals surface area contributed by atoms with E-state index in [2.05, 4.69) is 6.92 Å². The number of rotatable bonds is 3. The molecule has 1 aromatic rings. The van der Waals surface area contributed by atoms with E-state index in [0.29, 0.717) is 5.56 Å². The van der Waals surface area contributed by atoms with Crippen LogP contribution in [-0.2, 0) is 0 Å². The van der Waals surface area contributed by atoms with Crippen molar-refractivity contribution in [2.75, 3.05) is 0 Å². The highest BCUT2D eigenvalue weighted by atomic mass is 19.3. The number of hydrogen-bond acceptors (Lipinski definition) is 0. The minimum Gasteiger partial charge on any atom is -0.206 e. The van der Waals surface area contributed by atoms with Crippen molar-refractivity contribution in [1.29, 1.82) is 0 Å². The van der Waals surface area contributed by atoms with Gasteiger partial charge in [-0.25, -0.2) is 8.78 Å². The van der Waals surface area contributed by atoms with E-state index in [1.54, 1.807) is 0 Å². The second-order valence-electron chi connectivity index (χ2n) is 7.96. The highest BCUT2D eigenvalue weighted by molar-refractivity contribution is 5.52. The van der Waals surface area contributed by atoms with Crippen LogP contribution in [0.5, 0.6) is 0 Å². The maximum atomic E-state index is 14.0. The summed E-state index contributed by atoms with van der Waals surface area (Å²) in [4.78, 5) is 0. The third kappa shape index (κ3) is 4.45. The number of benzene rings is 1. The smallest absolute Gasteiger partial charge is 0.206 e. The molecule has 0 bridgehead atoms. The molecular formula is C21H26F4. The third-order valence-electron chi connectivity index (χ3n) is 6.33. The molecule has 2 fully saturated rings. The molecule has 25 heavy (non-hydrogen) atoms. The third-order valence-corrected chi connectivity index (χ3v) is 6.33. The van der Waals surface area contributed by atoms with Crippen LogP contribution in [0, 0.1) is 29.4 Å². The molecule has 0 amide bonds. The Kier molecular flexibility index (Phi) is 5.85. The lowest BCUT2D eigenvalue weighted by Crippen LogP contribution is -2.24. The summed E-state index contributed by atoms with van der Waals surface area (Å²) in [5.41, 5.74) is -0.0316. The van der Waals surface area contributed by atoms with Gasteiger partial charge in [0, 0.05) is 6.08 Å². The molecule has 0 spiro atoms. The second-order valence-corrected chi connectivity index (χ2v) is 7.96. The Bertz CT molecular complexity index is 594. The maximum Gasteiger partial charge on any atom is 0.271 e. The minimum absolute atomic E-state index is 0.135. The molecule has 2 aliphatic rings. The van der Waals surface area contributed by atoms with Crippen LogP contribution in [0.15, 0.2) is 18.2 Å². The van der Waals surface area contributed by atoms with Crippen molar-refractivity contribution in [3.63, 3.8) is 0 Å². The van der Waals surface area contributed by atoms with E-state index < -0.39 is 23.3 Å². The Balaban J connectivity index is 1.64. The zero-order valence-corrected chi connectivity index (χ0v) is 14.7. The van der Waals surface area contributed by atoms with Gasteiger partial charge in [-0.3, -0.25) is 0 Å². The summed E-state index contributed by atoms with van der Waals surface area (Å²) in [6.07, 6.45) is 7.52. The Morgan fingerprint density at radius 1 is 0.840 bits per heavy atom. The Hall–Kier alpha value is -1.32. The van der Waals surface area contributed by atoms with E-state index in [9.17, 15) is 17.6 Å². The lowest BCUT2D eigenvalue weighted by molar-refractivity contribution is 0.165. The Labute approximate surface area is 147 Å². The molecule has 2 saturated carbocycles. The van der Waals surface area contributed by atoms with Crippen molar-refractivity contribution < 1.29 is 17.6 Å². The van der Waals surface area contributed by atoms with Crippen LogP contribution >= 0.6 is 0 Å². The largest absolute Gasteiger partial charge is 0.271 e. The van der Waals surface area contributed by atoms with Crippen molar-refractivity contribution in [2.24, 2.45) is 17.8 Å². The van der Waals surface area contributed by atoms with Crippen molar-refractivity contribution in [3.8, 4) is 0 Å². The summed E-state index contributed by atoms with van der Waals surface area (Å²) in [5, 5.41) is 0. The van der Waals surface area contributed by atoms with Crippen molar-refractivity contribution in [2.45, 2.75) is 64.2 Å². The molecule has 0 aromatic heterocycles. The highest BCUT2D eigenvalue weighted by Crippen LogP contribution is 2.44. The normalized spacial score (nSPS) is 30.1. The zero-order chi connectivity index (χ0) is 18.0. The molecule has 0 radical (unpaired) electrons. The number of halogens is 4. The molecule has 0 heterocycles. The van der Waals surface area contributed by atoms with Gasteiger partial charge in [-0.1, -0.05) is 19.8 Å². The molecule has 0 saturated heterocycles. The SMILES string of the molecule is CC1CCC(C2CCC(c3cc(F)c(C=C(F)F)c(F)c3)CC2)CC1. The first-order valence-electron chi connectivity index (χ1n) is 9.45. The van der Waals surface area contributed by atoms with Gasteiger partial charge in [0.15, 0.2) is 0 Å². The summed E-state index contributed by atoms with van der Waals surface area (Å²) in [6.45, 7) is 2.32. The van der Waals surface area contributed by atoms with Gasteiger partial charge in [0.05, 0.1) is 5.56 Å². The van der Waals surface area contributed by atoms with Gasteiger partial charge in [-0.05, 0) is 79.9 Å². The van der Waals surface area contributed by atoms with Crippen LogP contribution in [0.1, 0.15) is 75.3 Å². The average molecular weight is 354 g/mol. The van der Waals surface area contributed by atoms with Crippen LogP contribution < -0.4 is 0 Å². The van der Waals surface area contributed by atoms with E-state index >= 15 is 0 Å². The molecule has 138 valence electrons. The minimum atomic E-state index is -2.09. The van der Waals surface area contributed by atoms with Crippen LogP contribution in [0.25, 0.3) is 6.08 Å². The van der Waals surface area contributed by atoms with Crippen LogP contribution in [0.3, 0.4) is 0 Å². The molecule has 3 rings (SSSR count). The molecule has 1 aromatic carbocycles. The highest BCUT2D eigenvalue weighted by Gasteiger charge is 2.30. The van der Waals surface area contributed by atoms with Gasteiger partial charge in [0.2, 0.25) is 0 Å². The topological polar surface area (TPSA) is 0 Å². The van der Waals surface area contributed by atoms with Gasteiger partial charge >= 0.3 is 0 Å².